The van der Waals surface area contributed by atoms with Gasteiger partial charge < -0.3 is 0 Å². The molecule has 0 bridgehead atoms. The van der Waals surface area contributed by atoms with E-state index in [1.807, 2.05) is 0 Å². The summed E-state index contributed by atoms with van der Waals surface area (Å²) in [4.78, 5) is 20.5. The van der Waals surface area contributed by atoms with E-state index in [4.69, 9.17) is 0 Å². The second-order valence-corrected chi connectivity index (χ2v) is 1.62. The highest BCUT2D eigenvalue weighted by Gasteiger charge is 2.00. The second kappa shape index (κ2) is 1.15. The van der Waals surface area contributed by atoms with Crippen LogP contribution in [-0.4, -0.2) is 0 Å². The molecule has 0 saturated carbocycles. The molecule has 0 heterocycles. The molecule has 8 heavy (non-hydrogen) atoms. The van der Waals surface area contributed by atoms with Gasteiger partial charge in [0.05, 0.1) is 0 Å². The molecule has 0 aliphatic rings. The van der Waals surface area contributed by atoms with Gasteiger partial charge in [0.2, 0.25) is 10.9 Å². The summed E-state index contributed by atoms with van der Waals surface area (Å²) in [5.74, 6) is 0. The van der Waals surface area contributed by atoms with Gasteiger partial charge in [-0.15, -0.1) is 0 Å². The Kier molecular flexibility index (Phi) is 0.717. The number of hydrogen-bond acceptors (Lipinski definition) is 2. The molecule has 1 aromatic rings. The Hall–Kier alpha value is -1.18. The fourth-order valence-corrected chi connectivity index (χ4v) is 0.486. The lowest BCUT2D eigenvalue weighted by Crippen LogP contribution is -2.63. The third-order valence-electron chi connectivity index (χ3n) is 1.12. The zero-order valence-electron chi connectivity index (χ0n) is 4.23. The van der Waals surface area contributed by atoms with Gasteiger partial charge in [-0.25, -0.2) is 0 Å². The van der Waals surface area contributed by atoms with Gasteiger partial charge in [-0.05, 0) is 0 Å². The van der Waals surface area contributed by atoms with Crippen LogP contribution in [0.2, 0.25) is 0 Å². The van der Waals surface area contributed by atoms with Gasteiger partial charge in [0.1, 0.15) is 0 Å². The minimum Gasteiger partial charge on any atom is -0.285 e. The zero-order chi connectivity index (χ0) is 6.31. The van der Waals surface area contributed by atoms with Crippen LogP contribution in [0.3, 0.4) is 0 Å². The molecule has 0 aromatic heterocycles. The van der Waals surface area contributed by atoms with Crippen LogP contribution >= 0.6 is 0 Å². The van der Waals surface area contributed by atoms with Crippen molar-refractivity contribution in [2.24, 2.45) is 0 Å². The third-order valence-corrected chi connectivity index (χ3v) is 1.12. The topological polar surface area (TPSA) is 34.1 Å². The Bertz CT molecular complexity index is 265. The molecule has 0 saturated heterocycles. The van der Waals surface area contributed by atoms with Gasteiger partial charge in [-0.1, -0.05) is 13.2 Å². The molecule has 0 spiro atoms. The smallest absolute Gasteiger partial charge is 0.233 e. The first-order valence-electron chi connectivity index (χ1n) is 2.12. The van der Waals surface area contributed by atoms with Crippen LogP contribution < -0.4 is 21.3 Å². The van der Waals surface area contributed by atoms with Crippen molar-refractivity contribution in [3.63, 3.8) is 0 Å². The maximum Gasteiger partial charge on any atom is 0.233 e. The molecular formula is C6H4O2. The average molecular weight is 108 g/mol. The lowest BCUT2D eigenvalue weighted by Gasteiger charge is -1.81. The van der Waals surface area contributed by atoms with E-state index >= 15 is 0 Å². The minimum atomic E-state index is -0.491. The van der Waals surface area contributed by atoms with Gasteiger partial charge in [-0.3, -0.25) is 9.59 Å². The Morgan fingerprint density at radius 2 is 1.12 bits per heavy atom. The summed E-state index contributed by atoms with van der Waals surface area (Å²) < 4.78 is 0. The van der Waals surface area contributed by atoms with Crippen LogP contribution in [0.1, 0.15) is 0 Å². The van der Waals surface area contributed by atoms with Crippen molar-refractivity contribution >= 4 is 13.2 Å². The maximum atomic E-state index is 10.3. The lowest BCUT2D eigenvalue weighted by molar-refractivity contribution is 1.28. The molecule has 1 rings (SSSR count). The van der Waals surface area contributed by atoms with Gasteiger partial charge >= 0.3 is 0 Å². The quantitative estimate of drug-likeness (QED) is 0.364. The first-order valence-corrected chi connectivity index (χ1v) is 2.12. The normalized spacial score (nSPS) is 10.0. The number of hydrogen-bond donors (Lipinski definition) is 0. The highest BCUT2D eigenvalue weighted by molar-refractivity contribution is 5.19. The van der Waals surface area contributed by atoms with Crippen LogP contribution in [0.5, 0.6) is 0 Å². The van der Waals surface area contributed by atoms with E-state index in [0.29, 0.717) is 0 Å². The molecule has 0 fully saturated rings. The molecule has 2 heteroatoms. The molecule has 0 aliphatic carbocycles. The predicted molar refractivity (Wildman–Crippen MR) is 31.6 cm³/mol. The Balaban J connectivity index is 4.02. The van der Waals surface area contributed by atoms with Crippen LogP contribution in [0.15, 0.2) is 9.59 Å². The summed E-state index contributed by atoms with van der Waals surface area (Å²) in [7, 11) is 0. The van der Waals surface area contributed by atoms with Crippen LogP contribution in [0.4, 0.5) is 0 Å². The Morgan fingerprint density at radius 1 is 0.875 bits per heavy atom. The molecular weight excluding hydrogens is 104 g/mol. The van der Waals surface area contributed by atoms with Crippen molar-refractivity contribution in [2.45, 2.75) is 0 Å². The molecule has 40 valence electrons. The monoisotopic (exact) mass is 108 g/mol. The van der Waals surface area contributed by atoms with Crippen molar-refractivity contribution in [3.05, 3.63) is 30.9 Å². The molecule has 0 unspecified atom stereocenters. The van der Waals surface area contributed by atoms with Gasteiger partial charge in [0.15, 0.2) is 0 Å². The number of rotatable bonds is 0. The summed E-state index contributed by atoms with van der Waals surface area (Å²) in [6.07, 6.45) is 0. The molecule has 0 amide bonds. The van der Waals surface area contributed by atoms with Gasteiger partial charge in [-0.2, -0.15) is 0 Å². The Morgan fingerprint density at radius 3 is 1.25 bits per heavy atom. The van der Waals surface area contributed by atoms with Crippen LogP contribution in [0, 0.1) is 0 Å². The highest BCUT2D eigenvalue weighted by Crippen LogP contribution is 1.29. The highest BCUT2D eigenvalue weighted by atomic mass is 16.2. The first kappa shape index (κ1) is 4.97. The van der Waals surface area contributed by atoms with Crippen molar-refractivity contribution < 1.29 is 0 Å². The van der Waals surface area contributed by atoms with E-state index in [1.54, 1.807) is 0 Å². The van der Waals surface area contributed by atoms with E-state index in [-0.39, 0.29) is 10.4 Å². The third kappa shape index (κ3) is 0.320. The predicted octanol–water partition coefficient (Wildman–Crippen LogP) is -1.90. The largest absolute Gasteiger partial charge is 0.285 e. The summed E-state index contributed by atoms with van der Waals surface area (Å²) in [5, 5.41) is 0.519. The molecule has 1 aromatic carbocycles. The van der Waals surface area contributed by atoms with Crippen LogP contribution in [0.25, 0.3) is 13.2 Å². The van der Waals surface area contributed by atoms with E-state index < -0.39 is 10.9 Å². The zero-order valence-corrected chi connectivity index (χ0v) is 4.23. The molecule has 2 nitrogen and oxygen atoms in total. The van der Waals surface area contributed by atoms with E-state index in [2.05, 4.69) is 13.2 Å². The van der Waals surface area contributed by atoms with Gasteiger partial charge in [0, 0.05) is 10.4 Å². The van der Waals surface area contributed by atoms with Crippen molar-refractivity contribution in [1.29, 1.82) is 0 Å². The minimum absolute atomic E-state index is 0.259. The van der Waals surface area contributed by atoms with Crippen LogP contribution in [-0.2, 0) is 0 Å². The standard InChI is InChI=1S/C6H4O2/c1-3-4(2)6(8)5(3)7/h1-2H2. The average Bonchev–Trinajstić information content (AvgIpc) is 1.83. The first-order chi connectivity index (χ1) is 3.64. The van der Waals surface area contributed by atoms with Gasteiger partial charge in [0.25, 0.3) is 0 Å². The SMILES string of the molecule is C=c1c(=C)c(=O)c1=O. The van der Waals surface area contributed by atoms with E-state index in [9.17, 15) is 9.59 Å². The summed E-state index contributed by atoms with van der Waals surface area (Å²) >= 11 is 0. The summed E-state index contributed by atoms with van der Waals surface area (Å²) in [6.45, 7) is 6.61. The van der Waals surface area contributed by atoms with E-state index in [0.717, 1.165) is 0 Å². The Labute approximate surface area is 45.1 Å². The second-order valence-electron chi connectivity index (χ2n) is 1.62. The summed E-state index contributed by atoms with van der Waals surface area (Å²) in [6, 6.07) is 0. The fraction of sp³-hybridized carbons (Fsp3) is 0. The van der Waals surface area contributed by atoms with Crippen molar-refractivity contribution in [1.82, 2.24) is 0 Å². The van der Waals surface area contributed by atoms with Crippen molar-refractivity contribution in [3.8, 4) is 0 Å². The summed E-state index contributed by atoms with van der Waals surface area (Å²) in [5.41, 5.74) is -0.981. The lowest BCUT2D eigenvalue weighted by atomic mass is 10.2. The molecule has 0 radical (unpaired) electrons. The van der Waals surface area contributed by atoms with Crippen molar-refractivity contribution in [2.75, 3.05) is 0 Å². The molecule has 0 atom stereocenters. The molecule has 0 N–H and O–H groups in total. The molecule has 0 aliphatic heterocycles. The van der Waals surface area contributed by atoms with E-state index in [1.165, 1.54) is 0 Å². The fourth-order valence-electron chi connectivity index (χ4n) is 0.486. The maximum absolute atomic E-state index is 10.3.